The van der Waals surface area contributed by atoms with E-state index in [1.807, 2.05) is 18.2 Å². The molecule has 0 unspecified atom stereocenters. The van der Waals surface area contributed by atoms with Crippen LogP contribution in [0.1, 0.15) is 27.2 Å². The lowest BCUT2D eigenvalue weighted by Crippen LogP contribution is -2.30. The van der Waals surface area contributed by atoms with Crippen LogP contribution in [0.15, 0.2) is 24.5 Å². The maximum Gasteiger partial charge on any atom is 0.137 e. The molecule has 0 saturated carbocycles. The topological polar surface area (TPSA) is 63.8 Å². The molecule has 1 heterocycles. The summed E-state index contributed by atoms with van der Waals surface area (Å²) in [6.07, 6.45) is 2.59. The van der Waals surface area contributed by atoms with E-state index in [0.29, 0.717) is 0 Å². The number of nitrogens with two attached hydrogens (primary N) is 1. The highest BCUT2D eigenvalue weighted by atomic mass is 15.1. The van der Waals surface area contributed by atoms with Gasteiger partial charge < -0.3 is 11.1 Å². The minimum Gasteiger partial charge on any atom is -0.399 e. The van der Waals surface area contributed by atoms with Crippen molar-refractivity contribution >= 4 is 22.4 Å². The van der Waals surface area contributed by atoms with E-state index in [9.17, 15) is 0 Å². The zero-order chi connectivity index (χ0) is 12.5. The van der Waals surface area contributed by atoms with Crippen molar-refractivity contribution in [1.82, 2.24) is 9.97 Å². The van der Waals surface area contributed by atoms with Crippen LogP contribution >= 0.6 is 0 Å². The lowest BCUT2D eigenvalue weighted by atomic mass is 10.0. The van der Waals surface area contributed by atoms with E-state index in [-0.39, 0.29) is 5.54 Å². The largest absolute Gasteiger partial charge is 0.399 e. The average Bonchev–Trinajstić information content (AvgIpc) is 2.28. The van der Waals surface area contributed by atoms with Crippen molar-refractivity contribution in [1.29, 1.82) is 0 Å². The number of nitrogens with zero attached hydrogens (tertiary/aromatic N) is 2. The van der Waals surface area contributed by atoms with E-state index in [2.05, 4.69) is 36.1 Å². The Morgan fingerprint density at radius 1 is 1.29 bits per heavy atom. The Kier molecular flexibility index (Phi) is 2.88. The van der Waals surface area contributed by atoms with Gasteiger partial charge in [-0.25, -0.2) is 9.97 Å². The van der Waals surface area contributed by atoms with Crippen molar-refractivity contribution in [2.75, 3.05) is 11.1 Å². The van der Waals surface area contributed by atoms with Crippen molar-refractivity contribution in [3.8, 4) is 0 Å². The first-order chi connectivity index (χ1) is 8.02. The molecule has 0 atom stereocenters. The summed E-state index contributed by atoms with van der Waals surface area (Å²) < 4.78 is 0. The van der Waals surface area contributed by atoms with E-state index in [1.54, 1.807) is 6.33 Å². The van der Waals surface area contributed by atoms with E-state index in [0.717, 1.165) is 28.8 Å². The Morgan fingerprint density at radius 2 is 2.06 bits per heavy atom. The lowest BCUT2D eigenvalue weighted by Gasteiger charge is -2.25. The fraction of sp³-hybridized carbons (Fsp3) is 0.385. The molecule has 1 aromatic heterocycles. The Morgan fingerprint density at radius 3 is 2.76 bits per heavy atom. The first-order valence-corrected chi connectivity index (χ1v) is 5.80. The number of aromatic nitrogens is 2. The van der Waals surface area contributed by atoms with E-state index < -0.39 is 0 Å². The van der Waals surface area contributed by atoms with Crippen LogP contribution in [0.5, 0.6) is 0 Å². The van der Waals surface area contributed by atoms with Crippen LogP contribution in [0.4, 0.5) is 11.5 Å². The number of nitrogen functional groups attached to an aromatic ring is 1. The van der Waals surface area contributed by atoms with Gasteiger partial charge in [-0.1, -0.05) is 6.92 Å². The molecule has 1 aromatic carbocycles. The van der Waals surface area contributed by atoms with Gasteiger partial charge in [0.25, 0.3) is 0 Å². The van der Waals surface area contributed by atoms with Gasteiger partial charge in [-0.15, -0.1) is 0 Å². The number of nitrogens with one attached hydrogen (secondary N) is 1. The highest BCUT2D eigenvalue weighted by molar-refractivity contribution is 5.90. The molecule has 4 heteroatoms. The van der Waals surface area contributed by atoms with Crippen LogP contribution in [0.25, 0.3) is 10.9 Å². The second-order valence-corrected chi connectivity index (χ2v) is 4.86. The molecule has 0 aliphatic rings. The van der Waals surface area contributed by atoms with Crippen LogP contribution in [-0.2, 0) is 0 Å². The smallest absolute Gasteiger partial charge is 0.137 e. The van der Waals surface area contributed by atoms with Gasteiger partial charge in [0, 0.05) is 16.6 Å². The molecule has 17 heavy (non-hydrogen) atoms. The summed E-state index contributed by atoms with van der Waals surface area (Å²) in [6, 6.07) is 5.69. The zero-order valence-electron chi connectivity index (χ0n) is 10.5. The molecule has 0 spiro atoms. The summed E-state index contributed by atoms with van der Waals surface area (Å²) in [5.41, 5.74) is 7.35. The van der Waals surface area contributed by atoms with Gasteiger partial charge in [-0.3, -0.25) is 0 Å². The van der Waals surface area contributed by atoms with Crippen LogP contribution in [0.2, 0.25) is 0 Å². The van der Waals surface area contributed by atoms with E-state index in [4.69, 9.17) is 5.73 Å². The molecular weight excluding hydrogens is 212 g/mol. The highest BCUT2D eigenvalue weighted by Crippen LogP contribution is 2.24. The maximum atomic E-state index is 5.75. The number of anilines is 2. The van der Waals surface area contributed by atoms with Crippen molar-refractivity contribution in [2.45, 2.75) is 32.7 Å². The normalized spacial score (nSPS) is 11.7. The van der Waals surface area contributed by atoms with Gasteiger partial charge in [0.2, 0.25) is 0 Å². The van der Waals surface area contributed by atoms with Crippen LogP contribution < -0.4 is 11.1 Å². The second-order valence-electron chi connectivity index (χ2n) is 4.86. The van der Waals surface area contributed by atoms with E-state index in [1.165, 1.54) is 0 Å². The average molecular weight is 230 g/mol. The fourth-order valence-corrected chi connectivity index (χ4v) is 1.58. The monoisotopic (exact) mass is 230 g/mol. The first kappa shape index (κ1) is 11.6. The minimum atomic E-state index is 0.0165. The fourth-order valence-electron chi connectivity index (χ4n) is 1.58. The summed E-state index contributed by atoms with van der Waals surface area (Å²) in [5.74, 6) is 0.863. The molecule has 0 saturated heterocycles. The van der Waals surface area contributed by atoms with Crippen LogP contribution in [0.3, 0.4) is 0 Å². The van der Waals surface area contributed by atoms with E-state index >= 15 is 0 Å². The molecule has 0 radical (unpaired) electrons. The molecular formula is C13H18N4. The first-order valence-electron chi connectivity index (χ1n) is 5.80. The number of benzene rings is 1. The number of rotatable bonds is 3. The summed E-state index contributed by atoms with van der Waals surface area (Å²) >= 11 is 0. The summed E-state index contributed by atoms with van der Waals surface area (Å²) in [7, 11) is 0. The standard InChI is InChI=1S/C13H18N4/c1-4-13(2,3)17-12-10-6-5-9(14)7-11(10)15-8-16-12/h5-8H,4,14H2,1-3H3,(H,15,16,17). The maximum absolute atomic E-state index is 5.75. The van der Waals surface area contributed by atoms with Gasteiger partial charge in [-0.2, -0.15) is 0 Å². The second kappa shape index (κ2) is 4.20. The molecule has 0 fully saturated rings. The third-order valence-electron chi connectivity index (χ3n) is 3.00. The molecule has 3 N–H and O–H groups in total. The van der Waals surface area contributed by atoms with Gasteiger partial charge in [0.15, 0.2) is 0 Å². The van der Waals surface area contributed by atoms with Crippen molar-refractivity contribution in [3.05, 3.63) is 24.5 Å². The van der Waals surface area contributed by atoms with Crippen LogP contribution in [0, 0.1) is 0 Å². The van der Waals surface area contributed by atoms with Gasteiger partial charge >= 0.3 is 0 Å². The highest BCUT2D eigenvalue weighted by Gasteiger charge is 2.16. The van der Waals surface area contributed by atoms with Crippen molar-refractivity contribution in [3.63, 3.8) is 0 Å². The zero-order valence-corrected chi connectivity index (χ0v) is 10.5. The number of hydrogen-bond donors (Lipinski definition) is 2. The molecule has 0 amide bonds. The van der Waals surface area contributed by atoms with Crippen LogP contribution in [-0.4, -0.2) is 15.5 Å². The van der Waals surface area contributed by atoms with Gasteiger partial charge in [-0.05, 0) is 38.5 Å². The molecule has 4 nitrogen and oxygen atoms in total. The quantitative estimate of drug-likeness (QED) is 0.796. The summed E-state index contributed by atoms with van der Waals surface area (Å²) in [5, 5.41) is 4.44. The van der Waals surface area contributed by atoms with Gasteiger partial charge in [0.05, 0.1) is 5.52 Å². The number of fused-ring (bicyclic) bond motifs is 1. The van der Waals surface area contributed by atoms with Gasteiger partial charge in [0.1, 0.15) is 12.1 Å². The van der Waals surface area contributed by atoms with Crippen molar-refractivity contribution < 1.29 is 0 Å². The molecule has 90 valence electrons. The summed E-state index contributed by atoms with van der Waals surface area (Å²) in [4.78, 5) is 8.53. The molecule has 0 bridgehead atoms. The molecule has 0 aliphatic heterocycles. The number of hydrogen-bond acceptors (Lipinski definition) is 4. The predicted molar refractivity (Wildman–Crippen MR) is 71.9 cm³/mol. The predicted octanol–water partition coefficient (Wildman–Crippen LogP) is 2.81. The lowest BCUT2D eigenvalue weighted by molar-refractivity contribution is 0.545. The Labute approximate surface area is 101 Å². The molecule has 0 aliphatic carbocycles. The Hall–Kier alpha value is -1.84. The Balaban J connectivity index is 2.48. The summed E-state index contributed by atoms with van der Waals surface area (Å²) in [6.45, 7) is 6.45. The van der Waals surface area contributed by atoms with Crippen molar-refractivity contribution in [2.24, 2.45) is 0 Å². The SMILES string of the molecule is CCC(C)(C)Nc1ncnc2cc(N)ccc12. The minimum absolute atomic E-state index is 0.0165. The molecule has 2 rings (SSSR count). The Bertz CT molecular complexity index is 534. The molecule has 2 aromatic rings. The third-order valence-corrected chi connectivity index (χ3v) is 3.00. The third kappa shape index (κ3) is 2.46.